The molecule has 0 saturated heterocycles. The van der Waals surface area contributed by atoms with Gasteiger partial charge in [-0.3, -0.25) is 4.99 Å². The van der Waals surface area contributed by atoms with Gasteiger partial charge in [-0.25, -0.2) is 0 Å². The number of rotatable bonds is 3. The highest BCUT2D eigenvalue weighted by Crippen LogP contribution is 2.21. The Balaban J connectivity index is 1.68. The van der Waals surface area contributed by atoms with Gasteiger partial charge in [-0.2, -0.15) is 0 Å². The quantitative estimate of drug-likeness (QED) is 0.689. The fraction of sp³-hybridized carbons (Fsp3) is 0.438. The van der Waals surface area contributed by atoms with Gasteiger partial charge in [0.15, 0.2) is 5.96 Å². The molecule has 106 valence electrons. The van der Waals surface area contributed by atoms with E-state index >= 15 is 0 Å². The Morgan fingerprint density at radius 3 is 2.85 bits per heavy atom. The molecule has 20 heavy (non-hydrogen) atoms. The van der Waals surface area contributed by atoms with Gasteiger partial charge in [0, 0.05) is 25.5 Å². The number of benzene rings is 1. The van der Waals surface area contributed by atoms with Gasteiger partial charge in [-0.1, -0.05) is 18.2 Å². The lowest BCUT2D eigenvalue weighted by atomic mass is 9.93. The van der Waals surface area contributed by atoms with Crippen molar-refractivity contribution >= 4 is 16.9 Å². The third-order valence-corrected chi connectivity index (χ3v) is 3.88. The maximum atomic E-state index is 5.85. The number of hydrogen-bond acceptors (Lipinski definition) is 2. The molecule has 0 spiro atoms. The van der Waals surface area contributed by atoms with Crippen LogP contribution in [0.5, 0.6) is 0 Å². The molecule has 4 heteroatoms. The highest BCUT2D eigenvalue weighted by Gasteiger charge is 2.20. The topological polar surface area (TPSA) is 40.8 Å². The summed E-state index contributed by atoms with van der Waals surface area (Å²) >= 11 is 0. The van der Waals surface area contributed by atoms with Crippen molar-refractivity contribution in [1.29, 1.82) is 0 Å². The number of furan rings is 1. The first-order valence-electron chi connectivity index (χ1n) is 7.18. The minimum Gasteiger partial charge on any atom is -0.459 e. The largest absolute Gasteiger partial charge is 0.459 e. The van der Waals surface area contributed by atoms with Crippen LogP contribution in [0.4, 0.5) is 0 Å². The summed E-state index contributed by atoms with van der Waals surface area (Å²) in [6.45, 7) is 0.723. The molecule has 1 heterocycles. The van der Waals surface area contributed by atoms with Crippen molar-refractivity contribution in [3.05, 3.63) is 36.1 Å². The average Bonchev–Trinajstić information content (AvgIpc) is 2.79. The third-order valence-electron chi connectivity index (χ3n) is 3.88. The summed E-state index contributed by atoms with van der Waals surface area (Å²) in [6.07, 6.45) is 3.82. The molecule has 1 aliphatic carbocycles. The lowest BCUT2D eigenvalue weighted by Crippen LogP contribution is -2.46. The van der Waals surface area contributed by atoms with Gasteiger partial charge in [-0.05, 0) is 31.4 Å². The molecule has 1 aliphatic rings. The average molecular weight is 271 g/mol. The Bertz CT molecular complexity index is 580. The molecular weight excluding hydrogens is 250 g/mol. The monoisotopic (exact) mass is 271 g/mol. The zero-order chi connectivity index (χ0) is 13.9. The van der Waals surface area contributed by atoms with Crippen LogP contribution in [0.1, 0.15) is 25.0 Å². The minimum absolute atomic E-state index is 0.590. The summed E-state index contributed by atoms with van der Waals surface area (Å²) in [7, 11) is 3.87. The fourth-order valence-corrected chi connectivity index (χ4v) is 2.50. The highest BCUT2D eigenvalue weighted by atomic mass is 16.3. The van der Waals surface area contributed by atoms with Gasteiger partial charge >= 0.3 is 0 Å². The molecular formula is C16H21N3O. The van der Waals surface area contributed by atoms with E-state index in [1.54, 1.807) is 0 Å². The van der Waals surface area contributed by atoms with E-state index in [1.165, 1.54) is 19.3 Å². The molecule has 0 unspecified atom stereocenters. The molecule has 4 nitrogen and oxygen atoms in total. The molecule has 1 saturated carbocycles. The number of aliphatic imine (C=N–C) groups is 1. The van der Waals surface area contributed by atoms with Crippen molar-refractivity contribution in [1.82, 2.24) is 10.2 Å². The van der Waals surface area contributed by atoms with Gasteiger partial charge < -0.3 is 14.6 Å². The molecule has 0 radical (unpaired) electrons. The molecule has 1 aromatic carbocycles. The number of hydrogen-bond donors (Lipinski definition) is 1. The van der Waals surface area contributed by atoms with Crippen LogP contribution in [0, 0.1) is 0 Å². The van der Waals surface area contributed by atoms with E-state index in [0.29, 0.717) is 6.04 Å². The van der Waals surface area contributed by atoms with Crippen LogP contribution in [0.25, 0.3) is 11.0 Å². The van der Waals surface area contributed by atoms with Crippen molar-refractivity contribution in [3.8, 4) is 0 Å². The number of para-hydroxylation sites is 1. The van der Waals surface area contributed by atoms with Gasteiger partial charge in [0.25, 0.3) is 0 Å². The maximum absolute atomic E-state index is 5.85. The predicted molar refractivity (Wildman–Crippen MR) is 81.8 cm³/mol. The lowest BCUT2D eigenvalue weighted by Gasteiger charge is -2.31. The molecule has 0 bridgehead atoms. The number of guanidine groups is 1. The molecule has 0 atom stereocenters. The van der Waals surface area contributed by atoms with Crippen molar-refractivity contribution in [3.63, 3.8) is 0 Å². The van der Waals surface area contributed by atoms with E-state index in [9.17, 15) is 0 Å². The van der Waals surface area contributed by atoms with E-state index in [4.69, 9.17) is 4.42 Å². The van der Waals surface area contributed by atoms with E-state index in [2.05, 4.69) is 27.3 Å². The van der Waals surface area contributed by atoms with E-state index in [1.807, 2.05) is 32.3 Å². The third kappa shape index (κ3) is 2.64. The Kier molecular flexibility index (Phi) is 3.63. The van der Waals surface area contributed by atoms with Crippen molar-refractivity contribution < 1.29 is 4.42 Å². The lowest BCUT2D eigenvalue weighted by molar-refractivity contribution is 0.351. The van der Waals surface area contributed by atoms with Gasteiger partial charge in [0.1, 0.15) is 11.3 Å². The summed E-state index contributed by atoms with van der Waals surface area (Å²) < 4.78 is 5.85. The van der Waals surface area contributed by atoms with Crippen LogP contribution in [0.3, 0.4) is 0 Å². The SMILES string of the molecule is CN=C(NC1CCC1)N(C)Cc1cc2ccccc2o1. The summed E-state index contributed by atoms with van der Waals surface area (Å²) in [5, 5.41) is 4.64. The predicted octanol–water partition coefficient (Wildman–Crippen LogP) is 2.99. The first kappa shape index (κ1) is 13.0. The number of nitrogens with one attached hydrogen (secondary N) is 1. The molecule has 0 amide bonds. The van der Waals surface area contributed by atoms with Crippen LogP contribution in [-0.4, -0.2) is 31.0 Å². The summed E-state index contributed by atoms with van der Waals surface area (Å²) in [4.78, 5) is 6.46. The van der Waals surface area contributed by atoms with Crippen LogP contribution in [-0.2, 0) is 6.54 Å². The molecule has 1 aromatic heterocycles. The minimum atomic E-state index is 0.590. The van der Waals surface area contributed by atoms with E-state index in [0.717, 1.165) is 29.2 Å². The second-order valence-corrected chi connectivity index (χ2v) is 5.43. The zero-order valence-electron chi connectivity index (χ0n) is 12.1. The molecule has 2 aromatic rings. The Morgan fingerprint density at radius 2 is 2.20 bits per heavy atom. The zero-order valence-corrected chi connectivity index (χ0v) is 12.1. The van der Waals surface area contributed by atoms with Crippen LogP contribution >= 0.6 is 0 Å². The fourth-order valence-electron chi connectivity index (χ4n) is 2.50. The van der Waals surface area contributed by atoms with Crippen molar-refractivity contribution in [2.24, 2.45) is 4.99 Å². The summed E-state index contributed by atoms with van der Waals surface area (Å²) in [6, 6.07) is 10.8. The standard InChI is InChI=1S/C16H21N3O/c1-17-16(18-13-7-5-8-13)19(2)11-14-10-12-6-3-4-9-15(12)20-14/h3-4,6,9-10,13H,5,7-8,11H2,1-2H3,(H,17,18). The first-order chi connectivity index (χ1) is 9.76. The molecule has 1 N–H and O–H groups in total. The van der Waals surface area contributed by atoms with Crippen molar-refractivity contribution in [2.75, 3.05) is 14.1 Å². The molecule has 3 rings (SSSR count). The molecule has 1 fully saturated rings. The second kappa shape index (κ2) is 5.57. The van der Waals surface area contributed by atoms with Gasteiger partial charge in [0.2, 0.25) is 0 Å². The number of fused-ring (bicyclic) bond motifs is 1. The van der Waals surface area contributed by atoms with E-state index in [-0.39, 0.29) is 0 Å². The van der Waals surface area contributed by atoms with Crippen LogP contribution in [0.2, 0.25) is 0 Å². The first-order valence-corrected chi connectivity index (χ1v) is 7.18. The normalized spacial score (nSPS) is 16.2. The van der Waals surface area contributed by atoms with Gasteiger partial charge in [0.05, 0.1) is 6.54 Å². The van der Waals surface area contributed by atoms with Crippen LogP contribution in [0.15, 0.2) is 39.7 Å². The Labute approximate surface area is 119 Å². The Morgan fingerprint density at radius 1 is 1.40 bits per heavy atom. The van der Waals surface area contributed by atoms with Crippen LogP contribution < -0.4 is 5.32 Å². The Hall–Kier alpha value is -1.97. The smallest absolute Gasteiger partial charge is 0.194 e. The van der Waals surface area contributed by atoms with Gasteiger partial charge in [-0.15, -0.1) is 0 Å². The summed E-state index contributed by atoms with van der Waals surface area (Å²) in [5.74, 6) is 1.90. The second-order valence-electron chi connectivity index (χ2n) is 5.43. The summed E-state index contributed by atoms with van der Waals surface area (Å²) in [5.41, 5.74) is 0.942. The maximum Gasteiger partial charge on any atom is 0.194 e. The number of nitrogens with zero attached hydrogens (tertiary/aromatic N) is 2. The van der Waals surface area contributed by atoms with Crippen molar-refractivity contribution in [2.45, 2.75) is 31.8 Å². The molecule has 0 aliphatic heterocycles. The van der Waals surface area contributed by atoms with E-state index < -0.39 is 0 Å². The highest BCUT2D eigenvalue weighted by molar-refractivity contribution is 5.80.